The Morgan fingerprint density at radius 3 is 2.65 bits per heavy atom. The van der Waals surface area contributed by atoms with Gasteiger partial charge in [-0.25, -0.2) is 0 Å². The highest BCUT2D eigenvalue weighted by Gasteiger charge is 2.15. The quantitative estimate of drug-likeness (QED) is 0.805. The van der Waals surface area contributed by atoms with Crippen LogP contribution in [0.4, 0.5) is 0 Å². The van der Waals surface area contributed by atoms with E-state index in [2.05, 4.69) is 34.8 Å². The van der Waals surface area contributed by atoms with Crippen molar-refractivity contribution in [2.75, 3.05) is 0 Å². The van der Waals surface area contributed by atoms with Gasteiger partial charge in [0.05, 0.1) is 11.8 Å². The van der Waals surface area contributed by atoms with E-state index in [9.17, 15) is 5.11 Å². The lowest BCUT2D eigenvalue weighted by atomic mass is 9.92. The standard InChI is InChI=1S/C14H22BrNO/c1-3-5-6-11(4-2)9-14(17)13-8-7-12(15)10-16-13/h7-8,10-11,14,17H,3-6,9H2,1-2H3. The number of aromatic nitrogens is 1. The Labute approximate surface area is 113 Å². The first-order chi connectivity index (χ1) is 8.17. The molecule has 0 aliphatic rings. The van der Waals surface area contributed by atoms with E-state index in [-0.39, 0.29) is 0 Å². The second kappa shape index (κ2) is 7.83. The number of hydrogen-bond donors (Lipinski definition) is 1. The van der Waals surface area contributed by atoms with Crippen molar-refractivity contribution < 1.29 is 5.11 Å². The fraction of sp³-hybridized carbons (Fsp3) is 0.643. The normalized spacial score (nSPS) is 14.6. The van der Waals surface area contributed by atoms with Crippen LogP contribution in [0.5, 0.6) is 0 Å². The van der Waals surface area contributed by atoms with Crippen LogP contribution in [0.15, 0.2) is 22.8 Å². The van der Waals surface area contributed by atoms with Crippen molar-refractivity contribution in [1.82, 2.24) is 4.98 Å². The van der Waals surface area contributed by atoms with E-state index in [1.807, 2.05) is 12.1 Å². The minimum Gasteiger partial charge on any atom is -0.387 e. The predicted octanol–water partition coefficient (Wildman–Crippen LogP) is 4.48. The number of aliphatic hydroxyl groups is 1. The van der Waals surface area contributed by atoms with Gasteiger partial charge in [0, 0.05) is 10.7 Å². The summed E-state index contributed by atoms with van der Waals surface area (Å²) in [4.78, 5) is 4.25. The number of hydrogen-bond acceptors (Lipinski definition) is 2. The molecule has 17 heavy (non-hydrogen) atoms. The molecular formula is C14H22BrNO. The molecule has 0 fully saturated rings. The van der Waals surface area contributed by atoms with Gasteiger partial charge >= 0.3 is 0 Å². The number of halogens is 1. The molecule has 0 saturated heterocycles. The van der Waals surface area contributed by atoms with Gasteiger partial charge in [0.2, 0.25) is 0 Å². The Morgan fingerprint density at radius 1 is 1.35 bits per heavy atom. The molecule has 2 nitrogen and oxygen atoms in total. The summed E-state index contributed by atoms with van der Waals surface area (Å²) in [6, 6.07) is 3.82. The third-order valence-corrected chi connectivity index (χ3v) is 3.66. The molecule has 1 rings (SSSR count). The van der Waals surface area contributed by atoms with Crippen molar-refractivity contribution in [2.24, 2.45) is 5.92 Å². The monoisotopic (exact) mass is 299 g/mol. The fourth-order valence-corrected chi connectivity index (χ4v) is 2.24. The Morgan fingerprint density at radius 2 is 2.12 bits per heavy atom. The molecule has 0 radical (unpaired) electrons. The first-order valence-corrected chi connectivity index (χ1v) is 7.26. The minimum absolute atomic E-state index is 0.426. The first-order valence-electron chi connectivity index (χ1n) is 6.46. The van der Waals surface area contributed by atoms with E-state index in [0.29, 0.717) is 5.92 Å². The summed E-state index contributed by atoms with van der Waals surface area (Å²) in [5, 5.41) is 10.1. The SMILES string of the molecule is CCCCC(CC)CC(O)c1ccc(Br)cn1. The molecule has 0 aliphatic heterocycles. The third-order valence-electron chi connectivity index (χ3n) is 3.19. The lowest BCUT2D eigenvalue weighted by molar-refractivity contribution is 0.135. The highest BCUT2D eigenvalue weighted by molar-refractivity contribution is 9.10. The van der Waals surface area contributed by atoms with Crippen molar-refractivity contribution >= 4 is 15.9 Å². The van der Waals surface area contributed by atoms with Crippen LogP contribution in [-0.4, -0.2) is 10.1 Å². The molecule has 1 aromatic rings. The van der Waals surface area contributed by atoms with Gasteiger partial charge in [-0.15, -0.1) is 0 Å². The van der Waals surface area contributed by atoms with Gasteiger partial charge in [-0.2, -0.15) is 0 Å². The first kappa shape index (κ1) is 14.7. The minimum atomic E-state index is -0.426. The molecular weight excluding hydrogens is 278 g/mol. The van der Waals surface area contributed by atoms with E-state index < -0.39 is 6.10 Å². The molecule has 0 aliphatic carbocycles. The van der Waals surface area contributed by atoms with Crippen LogP contribution in [0.2, 0.25) is 0 Å². The summed E-state index contributed by atoms with van der Waals surface area (Å²) >= 11 is 3.35. The van der Waals surface area contributed by atoms with Crippen molar-refractivity contribution in [3.8, 4) is 0 Å². The van der Waals surface area contributed by atoms with Crippen LogP contribution in [0.25, 0.3) is 0 Å². The second-order valence-electron chi connectivity index (χ2n) is 4.57. The van der Waals surface area contributed by atoms with E-state index in [1.165, 1.54) is 19.3 Å². The Balaban J connectivity index is 2.51. The lowest BCUT2D eigenvalue weighted by Crippen LogP contribution is -2.08. The van der Waals surface area contributed by atoms with Crippen LogP contribution >= 0.6 is 15.9 Å². The summed E-state index contributed by atoms with van der Waals surface area (Å²) < 4.78 is 0.950. The molecule has 0 bridgehead atoms. The van der Waals surface area contributed by atoms with Crippen LogP contribution in [0.1, 0.15) is 57.7 Å². The smallest absolute Gasteiger partial charge is 0.0962 e. The zero-order valence-electron chi connectivity index (χ0n) is 10.7. The van der Waals surface area contributed by atoms with Crippen molar-refractivity contribution in [3.05, 3.63) is 28.5 Å². The van der Waals surface area contributed by atoms with E-state index in [1.54, 1.807) is 6.20 Å². The molecule has 1 N–H and O–H groups in total. The van der Waals surface area contributed by atoms with Gasteiger partial charge in [-0.05, 0) is 40.4 Å². The fourth-order valence-electron chi connectivity index (χ4n) is 2.00. The summed E-state index contributed by atoms with van der Waals surface area (Å²) in [6.45, 7) is 4.40. The summed E-state index contributed by atoms with van der Waals surface area (Å²) in [6.07, 6.45) is 6.96. The predicted molar refractivity (Wildman–Crippen MR) is 74.8 cm³/mol. The molecule has 3 heteroatoms. The third kappa shape index (κ3) is 5.17. The summed E-state index contributed by atoms with van der Waals surface area (Å²) in [5.74, 6) is 0.607. The Kier molecular flexibility index (Phi) is 6.75. The van der Waals surface area contributed by atoms with Gasteiger partial charge in [0.15, 0.2) is 0 Å². The molecule has 0 amide bonds. The maximum atomic E-state index is 10.1. The highest BCUT2D eigenvalue weighted by Crippen LogP contribution is 2.26. The van der Waals surface area contributed by atoms with Crippen LogP contribution in [0.3, 0.4) is 0 Å². The maximum Gasteiger partial charge on any atom is 0.0962 e. The van der Waals surface area contributed by atoms with Gasteiger partial charge < -0.3 is 5.11 Å². The lowest BCUT2D eigenvalue weighted by Gasteiger charge is -2.18. The largest absolute Gasteiger partial charge is 0.387 e. The summed E-state index contributed by atoms with van der Waals surface area (Å²) in [5.41, 5.74) is 0.781. The molecule has 1 heterocycles. The van der Waals surface area contributed by atoms with Crippen LogP contribution in [0, 0.1) is 5.92 Å². The number of aliphatic hydroxyl groups excluding tert-OH is 1. The molecule has 1 aromatic heterocycles. The average Bonchev–Trinajstić information content (AvgIpc) is 2.35. The van der Waals surface area contributed by atoms with Gasteiger partial charge in [-0.1, -0.05) is 39.5 Å². The van der Waals surface area contributed by atoms with E-state index >= 15 is 0 Å². The number of unbranched alkanes of at least 4 members (excludes halogenated alkanes) is 1. The molecule has 96 valence electrons. The summed E-state index contributed by atoms with van der Waals surface area (Å²) in [7, 11) is 0. The molecule has 2 atom stereocenters. The number of nitrogens with zero attached hydrogens (tertiary/aromatic N) is 1. The zero-order chi connectivity index (χ0) is 12.7. The van der Waals surface area contributed by atoms with Gasteiger partial charge in [0.25, 0.3) is 0 Å². The second-order valence-corrected chi connectivity index (χ2v) is 5.48. The molecule has 2 unspecified atom stereocenters. The Bertz CT molecular complexity index is 313. The molecule has 0 aromatic carbocycles. The number of pyridine rings is 1. The van der Waals surface area contributed by atoms with Crippen molar-refractivity contribution in [1.29, 1.82) is 0 Å². The van der Waals surface area contributed by atoms with E-state index in [0.717, 1.165) is 23.0 Å². The molecule has 0 spiro atoms. The van der Waals surface area contributed by atoms with Crippen LogP contribution < -0.4 is 0 Å². The van der Waals surface area contributed by atoms with Gasteiger partial charge in [-0.3, -0.25) is 4.98 Å². The van der Waals surface area contributed by atoms with Gasteiger partial charge in [0.1, 0.15) is 0 Å². The average molecular weight is 300 g/mol. The van der Waals surface area contributed by atoms with Crippen LogP contribution in [-0.2, 0) is 0 Å². The highest BCUT2D eigenvalue weighted by atomic mass is 79.9. The maximum absolute atomic E-state index is 10.1. The number of rotatable bonds is 7. The van der Waals surface area contributed by atoms with Crippen molar-refractivity contribution in [3.63, 3.8) is 0 Å². The molecule has 0 saturated carbocycles. The topological polar surface area (TPSA) is 33.1 Å². The zero-order valence-corrected chi connectivity index (χ0v) is 12.3. The van der Waals surface area contributed by atoms with E-state index in [4.69, 9.17) is 0 Å². The Hall–Kier alpha value is -0.410. The van der Waals surface area contributed by atoms with Crippen molar-refractivity contribution in [2.45, 2.75) is 52.1 Å².